The van der Waals surface area contributed by atoms with Crippen molar-refractivity contribution in [3.05, 3.63) is 23.3 Å². The molecule has 1 aliphatic carbocycles. The van der Waals surface area contributed by atoms with Crippen LogP contribution in [-0.2, 0) is 6.42 Å². The first kappa shape index (κ1) is 15.2. The van der Waals surface area contributed by atoms with Crippen LogP contribution in [0.3, 0.4) is 0 Å². The first-order valence-electron chi connectivity index (χ1n) is 8.17. The number of fused-ring (bicyclic) bond motifs is 1. The third-order valence-corrected chi connectivity index (χ3v) is 4.79. The lowest BCUT2D eigenvalue weighted by Gasteiger charge is -2.22. The lowest BCUT2D eigenvalue weighted by Crippen LogP contribution is -2.31. The summed E-state index contributed by atoms with van der Waals surface area (Å²) in [6, 6.07) is 3.63. The van der Waals surface area contributed by atoms with E-state index in [9.17, 15) is 9.90 Å². The number of nitrogens with zero attached hydrogens (tertiary/aromatic N) is 1. The molecule has 0 saturated heterocycles. The van der Waals surface area contributed by atoms with Crippen LogP contribution in [0, 0.1) is 5.92 Å². The lowest BCUT2D eigenvalue weighted by molar-refractivity contribution is 0.0767. The molecule has 1 aromatic rings. The number of phenols is 1. The summed E-state index contributed by atoms with van der Waals surface area (Å²) in [4.78, 5) is 14.4. The van der Waals surface area contributed by atoms with E-state index in [-0.39, 0.29) is 17.3 Å². The van der Waals surface area contributed by atoms with Gasteiger partial charge in [-0.15, -0.1) is 0 Å². The highest BCUT2D eigenvalue weighted by atomic mass is 16.5. The molecule has 0 atom stereocenters. The first-order chi connectivity index (χ1) is 10.4. The number of carbonyl (C=O) groups excluding carboxylic acids is 1. The molecule has 3 rings (SSSR count). The quantitative estimate of drug-likeness (QED) is 0.931. The second-order valence-corrected chi connectivity index (χ2v) is 7.32. The third kappa shape index (κ3) is 2.79. The molecule has 0 unspecified atom stereocenters. The van der Waals surface area contributed by atoms with Crippen LogP contribution >= 0.6 is 0 Å². The van der Waals surface area contributed by atoms with Crippen molar-refractivity contribution in [3.8, 4) is 11.5 Å². The molecule has 1 heterocycles. The smallest absolute Gasteiger partial charge is 0.257 e. The molecule has 22 heavy (non-hydrogen) atoms. The minimum atomic E-state index is -0.322. The zero-order valence-corrected chi connectivity index (χ0v) is 13.7. The highest BCUT2D eigenvalue weighted by Gasteiger charge is 2.34. The number of hydrogen-bond acceptors (Lipinski definition) is 3. The van der Waals surface area contributed by atoms with Gasteiger partial charge in [0.25, 0.3) is 5.91 Å². The predicted molar refractivity (Wildman–Crippen MR) is 85.4 cm³/mol. The van der Waals surface area contributed by atoms with Crippen molar-refractivity contribution in [2.45, 2.75) is 51.6 Å². The molecule has 1 N–H and O–H groups in total. The molecule has 4 nitrogen and oxygen atoms in total. The number of carbonyl (C=O) groups is 1. The van der Waals surface area contributed by atoms with Crippen molar-refractivity contribution in [1.82, 2.24) is 4.90 Å². The van der Waals surface area contributed by atoms with Crippen LogP contribution in [0.1, 0.15) is 55.5 Å². The van der Waals surface area contributed by atoms with Gasteiger partial charge in [-0.3, -0.25) is 4.79 Å². The molecule has 0 radical (unpaired) electrons. The van der Waals surface area contributed by atoms with E-state index >= 15 is 0 Å². The maximum absolute atomic E-state index is 12.6. The van der Waals surface area contributed by atoms with Crippen LogP contribution in [0.2, 0.25) is 0 Å². The molecule has 120 valence electrons. The topological polar surface area (TPSA) is 49.8 Å². The van der Waals surface area contributed by atoms with Crippen LogP contribution in [0.25, 0.3) is 0 Å². The first-order valence-corrected chi connectivity index (χ1v) is 8.17. The molecular weight excluding hydrogens is 278 g/mol. The summed E-state index contributed by atoms with van der Waals surface area (Å²) in [5, 5.41) is 10.4. The largest absolute Gasteiger partial charge is 0.504 e. The van der Waals surface area contributed by atoms with E-state index in [2.05, 4.69) is 0 Å². The fraction of sp³-hybridized carbons (Fsp3) is 0.611. The normalized spacial score (nSPS) is 19.8. The Bertz CT molecular complexity index is 588. The van der Waals surface area contributed by atoms with Crippen molar-refractivity contribution in [1.29, 1.82) is 0 Å². The minimum Gasteiger partial charge on any atom is -0.504 e. The van der Waals surface area contributed by atoms with E-state index < -0.39 is 0 Å². The lowest BCUT2D eigenvalue weighted by atomic mass is 10.00. The molecule has 1 aromatic carbocycles. The highest BCUT2D eigenvalue weighted by molar-refractivity contribution is 5.97. The Morgan fingerprint density at radius 3 is 2.73 bits per heavy atom. The second-order valence-electron chi connectivity index (χ2n) is 7.32. The number of phenolic OH excluding ortho intramolecular Hbond substituents is 1. The Morgan fingerprint density at radius 2 is 2.05 bits per heavy atom. The number of hydrogen-bond donors (Lipinski definition) is 1. The van der Waals surface area contributed by atoms with Crippen LogP contribution in [0.4, 0.5) is 0 Å². The zero-order chi connectivity index (χ0) is 15.9. The fourth-order valence-electron chi connectivity index (χ4n) is 3.68. The van der Waals surface area contributed by atoms with Gasteiger partial charge in [0, 0.05) is 25.6 Å². The predicted octanol–water partition coefficient (Wildman–Crippen LogP) is 3.37. The van der Waals surface area contributed by atoms with Crippen molar-refractivity contribution in [3.63, 3.8) is 0 Å². The summed E-state index contributed by atoms with van der Waals surface area (Å²) in [6.45, 7) is 4.74. The molecule has 0 spiro atoms. The maximum atomic E-state index is 12.6. The summed E-state index contributed by atoms with van der Waals surface area (Å²) in [6.07, 6.45) is 5.68. The Labute approximate surface area is 132 Å². The van der Waals surface area contributed by atoms with E-state index in [4.69, 9.17) is 4.74 Å². The minimum absolute atomic E-state index is 0.00801. The Morgan fingerprint density at radius 1 is 1.36 bits per heavy atom. The summed E-state index contributed by atoms with van der Waals surface area (Å²) >= 11 is 0. The average Bonchev–Trinajstić information content (AvgIpc) is 3.05. The molecule has 1 fully saturated rings. The van der Waals surface area contributed by atoms with Gasteiger partial charge in [-0.05, 0) is 38.7 Å². The van der Waals surface area contributed by atoms with Gasteiger partial charge in [-0.2, -0.15) is 0 Å². The summed E-state index contributed by atoms with van der Waals surface area (Å²) in [7, 11) is 1.82. The van der Waals surface area contributed by atoms with Crippen LogP contribution in [-0.4, -0.2) is 35.1 Å². The van der Waals surface area contributed by atoms with Gasteiger partial charge >= 0.3 is 0 Å². The van der Waals surface area contributed by atoms with Gasteiger partial charge in [-0.25, -0.2) is 0 Å². The number of aromatic hydroxyl groups is 1. The van der Waals surface area contributed by atoms with E-state index in [1.807, 2.05) is 27.0 Å². The molecule has 1 aliphatic heterocycles. The summed E-state index contributed by atoms with van der Waals surface area (Å²) in [5.74, 6) is 0.942. The molecular formula is C18H25NO3. The average molecular weight is 303 g/mol. The number of rotatable bonds is 3. The molecule has 0 bridgehead atoms. The van der Waals surface area contributed by atoms with Gasteiger partial charge in [0.15, 0.2) is 11.5 Å². The molecule has 1 amide bonds. The van der Waals surface area contributed by atoms with Crippen molar-refractivity contribution in [2.75, 3.05) is 13.6 Å². The Balaban J connectivity index is 1.79. The van der Waals surface area contributed by atoms with Crippen molar-refractivity contribution < 1.29 is 14.6 Å². The second kappa shape index (κ2) is 5.49. The SMILES string of the molecule is CN(CC1CCCC1)C(=O)c1ccc2c(c1O)OC(C)(C)C2. The van der Waals surface area contributed by atoms with Gasteiger partial charge in [-0.1, -0.05) is 18.9 Å². The monoisotopic (exact) mass is 303 g/mol. The van der Waals surface area contributed by atoms with E-state index in [1.54, 1.807) is 11.0 Å². The van der Waals surface area contributed by atoms with Gasteiger partial charge in [0.05, 0.1) is 5.56 Å². The van der Waals surface area contributed by atoms with E-state index in [0.717, 1.165) is 18.5 Å². The Kier molecular flexibility index (Phi) is 3.79. The maximum Gasteiger partial charge on any atom is 0.257 e. The van der Waals surface area contributed by atoms with E-state index in [0.29, 0.717) is 17.2 Å². The third-order valence-electron chi connectivity index (χ3n) is 4.79. The van der Waals surface area contributed by atoms with Crippen LogP contribution < -0.4 is 4.74 Å². The van der Waals surface area contributed by atoms with Gasteiger partial charge < -0.3 is 14.7 Å². The molecule has 4 heteroatoms. The summed E-state index contributed by atoms with van der Waals surface area (Å²) < 4.78 is 5.81. The Hall–Kier alpha value is -1.71. The highest BCUT2D eigenvalue weighted by Crippen LogP contribution is 2.43. The number of ether oxygens (including phenoxy) is 1. The fourth-order valence-corrected chi connectivity index (χ4v) is 3.68. The summed E-state index contributed by atoms with van der Waals surface area (Å²) in [5.41, 5.74) is 0.992. The molecule has 0 aromatic heterocycles. The molecule has 1 saturated carbocycles. The standard InChI is InChI=1S/C18H25NO3/c1-18(2)10-13-8-9-14(15(20)16(13)22-18)17(21)19(3)11-12-6-4-5-7-12/h8-9,12,20H,4-7,10-11H2,1-3H3. The number of benzene rings is 1. The zero-order valence-electron chi connectivity index (χ0n) is 13.7. The van der Waals surface area contributed by atoms with Crippen LogP contribution in [0.5, 0.6) is 11.5 Å². The van der Waals surface area contributed by atoms with Crippen molar-refractivity contribution in [2.24, 2.45) is 5.92 Å². The van der Waals surface area contributed by atoms with E-state index in [1.165, 1.54) is 25.7 Å². The van der Waals surface area contributed by atoms with Crippen molar-refractivity contribution >= 4 is 5.91 Å². The number of amides is 1. The van der Waals surface area contributed by atoms with Gasteiger partial charge in [0.2, 0.25) is 0 Å². The van der Waals surface area contributed by atoms with Crippen LogP contribution in [0.15, 0.2) is 12.1 Å². The molecule has 2 aliphatic rings. The van der Waals surface area contributed by atoms with Gasteiger partial charge in [0.1, 0.15) is 5.60 Å².